The highest BCUT2D eigenvalue weighted by Crippen LogP contribution is 2.30. The standard InChI is InChI=1S/C21H24N2O5S/c1-4-9-26-16-5-7-17(8-6-16)27-10-11-29-21-23-22-20(28-21)15-12-18(24-2)14-19(13-15)25-3/h5-8,12-14H,4,9-11H2,1-3H3. The van der Waals surface area contributed by atoms with E-state index in [-0.39, 0.29) is 0 Å². The van der Waals surface area contributed by atoms with Crippen LogP contribution in [0, 0.1) is 0 Å². The second-order valence-electron chi connectivity index (χ2n) is 5.99. The van der Waals surface area contributed by atoms with Gasteiger partial charge in [-0.05, 0) is 42.8 Å². The van der Waals surface area contributed by atoms with Crippen molar-refractivity contribution in [3.8, 4) is 34.5 Å². The van der Waals surface area contributed by atoms with Crippen LogP contribution in [0.2, 0.25) is 0 Å². The van der Waals surface area contributed by atoms with E-state index in [1.807, 2.05) is 36.4 Å². The highest BCUT2D eigenvalue weighted by Gasteiger charge is 2.12. The number of ether oxygens (including phenoxy) is 4. The molecule has 0 amide bonds. The van der Waals surface area contributed by atoms with Crippen molar-refractivity contribution in [2.75, 3.05) is 33.2 Å². The molecule has 29 heavy (non-hydrogen) atoms. The van der Waals surface area contributed by atoms with Crippen molar-refractivity contribution in [1.82, 2.24) is 10.2 Å². The fraction of sp³-hybridized carbons (Fsp3) is 0.333. The summed E-state index contributed by atoms with van der Waals surface area (Å²) in [5.74, 6) is 4.05. The van der Waals surface area contributed by atoms with Gasteiger partial charge in [-0.25, -0.2) is 0 Å². The van der Waals surface area contributed by atoms with E-state index in [0.717, 1.165) is 23.5 Å². The van der Waals surface area contributed by atoms with Gasteiger partial charge in [-0.3, -0.25) is 0 Å². The third-order valence-electron chi connectivity index (χ3n) is 3.88. The number of methoxy groups -OCH3 is 2. The van der Waals surface area contributed by atoms with Crippen LogP contribution in [0.1, 0.15) is 13.3 Å². The number of hydrogen-bond acceptors (Lipinski definition) is 8. The van der Waals surface area contributed by atoms with Crippen LogP contribution in [0.25, 0.3) is 11.5 Å². The Kier molecular flexibility index (Phi) is 7.63. The zero-order valence-corrected chi connectivity index (χ0v) is 17.5. The summed E-state index contributed by atoms with van der Waals surface area (Å²) in [5, 5.41) is 8.67. The molecule has 0 saturated heterocycles. The zero-order chi connectivity index (χ0) is 20.5. The van der Waals surface area contributed by atoms with Gasteiger partial charge in [-0.1, -0.05) is 18.7 Å². The van der Waals surface area contributed by atoms with Crippen LogP contribution in [0.3, 0.4) is 0 Å². The average molecular weight is 416 g/mol. The molecule has 0 radical (unpaired) electrons. The monoisotopic (exact) mass is 416 g/mol. The van der Waals surface area contributed by atoms with E-state index < -0.39 is 0 Å². The Morgan fingerprint density at radius 3 is 2.03 bits per heavy atom. The van der Waals surface area contributed by atoms with Crippen LogP contribution in [-0.4, -0.2) is 43.4 Å². The van der Waals surface area contributed by atoms with E-state index in [1.54, 1.807) is 20.3 Å². The van der Waals surface area contributed by atoms with Gasteiger partial charge < -0.3 is 23.4 Å². The molecule has 0 fully saturated rings. The van der Waals surface area contributed by atoms with E-state index in [4.69, 9.17) is 23.4 Å². The van der Waals surface area contributed by atoms with Crippen LogP contribution < -0.4 is 18.9 Å². The Morgan fingerprint density at radius 1 is 0.828 bits per heavy atom. The third kappa shape index (κ3) is 6.05. The average Bonchev–Trinajstić information content (AvgIpc) is 3.24. The summed E-state index contributed by atoms with van der Waals surface area (Å²) < 4.78 is 27.6. The third-order valence-corrected chi connectivity index (χ3v) is 4.66. The van der Waals surface area contributed by atoms with E-state index in [2.05, 4.69) is 17.1 Å². The maximum atomic E-state index is 5.74. The SMILES string of the molecule is CCCOc1ccc(OCCSc2nnc(-c3cc(OC)cc(OC)c3)o2)cc1. The van der Waals surface area contributed by atoms with Gasteiger partial charge >= 0.3 is 0 Å². The first-order chi connectivity index (χ1) is 14.2. The molecule has 154 valence electrons. The highest BCUT2D eigenvalue weighted by atomic mass is 32.2. The number of thioether (sulfide) groups is 1. The number of benzene rings is 2. The molecule has 0 bridgehead atoms. The quantitative estimate of drug-likeness (QED) is 0.328. The Balaban J connectivity index is 1.50. The first-order valence-corrected chi connectivity index (χ1v) is 10.3. The molecule has 0 aliphatic heterocycles. The van der Waals surface area contributed by atoms with Crippen LogP contribution in [0.4, 0.5) is 0 Å². The second-order valence-corrected chi connectivity index (χ2v) is 7.04. The Morgan fingerprint density at radius 2 is 1.45 bits per heavy atom. The van der Waals surface area contributed by atoms with Crippen molar-refractivity contribution in [3.63, 3.8) is 0 Å². The molecule has 0 spiro atoms. The maximum Gasteiger partial charge on any atom is 0.276 e. The molecule has 0 saturated carbocycles. The Bertz CT molecular complexity index is 876. The van der Waals surface area contributed by atoms with Crippen molar-refractivity contribution in [1.29, 1.82) is 0 Å². The van der Waals surface area contributed by atoms with Crippen LogP contribution in [0.5, 0.6) is 23.0 Å². The lowest BCUT2D eigenvalue weighted by Crippen LogP contribution is -2.00. The molecule has 0 aliphatic rings. The van der Waals surface area contributed by atoms with Gasteiger partial charge in [0.15, 0.2) is 0 Å². The lowest BCUT2D eigenvalue weighted by atomic mass is 10.2. The highest BCUT2D eigenvalue weighted by molar-refractivity contribution is 7.99. The molecule has 3 aromatic rings. The fourth-order valence-corrected chi connectivity index (χ4v) is 3.03. The van der Waals surface area contributed by atoms with Gasteiger partial charge in [-0.2, -0.15) is 0 Å². The lowest BCUT2D eigenvalue weighted by molar-refractivity contribution is 0.314. The van der Waals surface area contributed by atoms with Gasteiger partial charge in [0.2, 0.25) is 5.89 Å². The van der Waals surface area contributed by atoms with Gasteiger partial charge in [0.25, 0.3) is 5.22 Å². The number of nitrogens with zero attached hydrogens (tertiary/aromatic N) is 2. The predicted octanol–water partition coefficient (Wildman–Crippen LogP) is 4.71. The van der Waals surface area contributed by atoms with Crippen molar-refractivity contribution < 1.29 is 23.4 Å². The van der Waals surface area contributed by atoms with Crippen molar-refractivity contribution in [3.05, 3.63) is 42.5 Å². The molecule has 1 aromatic heterocycles. The molecule has 8 heteroatoms. The second kappa shape index (κ2) is 10.6. The summed E-state index contributed by atoms with van der Waals surface area (Å²) in [4.78, 5) is 0. The van der Waals surface area contributed by atoms with E-state index in [1.165, 1.54) is 11.8 Å². The molecule has 3 rings (SSSR count). The van der Waals surface area contributed by atoms with Gasteiger partial charge in [0.05, 0.1) is 27.4 Å². The van der Waals surface area contributed by atoms with Crippen molar-refractivity contribution in [2.45, 2.75) is 18.6 Å². The molecule has 0 aliphatic carbocycles. The summed E-state index contributed by atoms with van der Waals surface area (Å²) in [7, 11) is 3.19. The molecule has 1 heterocycles. The summed E-state index contributed by atoms with van der Waals surface area (Å²) in [5.41, 5.74) is 0.738. The molecule has 7 nitrogen and oxygen atoms in total. The summed E-state index contributed by atoms with van der Waals surface area (Å²) in [6.45, 7) is 3.31. The molecular formula is C21H24N2O5S. The van der Waals surface area contributed by atoms with E-state index in [9.17, 15) is 0 Å². The molecule has 2 aromatic carbocycles. The largest absolute Gasteiger partial charge is 0.497 e. The fourth-order valence-electron chi connectivity index (χ4n) is 2.46. The van der Waals surface area contributed by atoms with Crippen LogP contribution >= 0.6 is 11.8 Å². The Labute approximate surface area is 174 Å². The number of aromatic nitrogens is 2. The molecule has 0 N–H and O–H groups in total. The number of hydrogen-bond donors (Lipinski definition) is 0. The minimum atomic E-state index is 0.410. The molecule has 0 atom stereocenters. The summed E-state index contributed by atoms with van der Waals surface area (Å²) in [6.07, 6.45) is 0.984. The first-order valence-electron chi connectivity index (χ1n) is 9.27. The normalized spacial score (nSPS) is 10.6. The van der Waals surface area contributed by atoms with Gasteiger partial charge in [0, 0.05) is 17.4 Å². The van der Waals surface area contributed by atoms with Gasteiger partial charge in [0.1, 0.15) is 23.0 Å². The van der Waals surface area contributed by atoms with Crippen LogP contribution in [0.15, 0.2) is 52.1 Å². The van der Waals surface area contributed by atoms with Crippen LogP contribution in [-0.2, 0) is 0 Å². The smallest absolute Gasteiger partial charge is 0.276 e. The molecule has 0 unspecified atom stereocenters. The summed E-state index contributed by atoms with van der Waals surface area (Å²) in [6, 6.07) is 13.0. The lowest BCUT2D eigenvalue weighted by Gasteiger charge is -2.07. The summed E-state index contributed by atoms with van der Waals surface area (Å²) >= 11 is 1.44. The zero-order valence-electron chi connectivity index (χ0n) is 16.7. The Hall–Kier alpha value is -2.87. The van der Waals surface area contributed by atoms with Crippen molar-refractivity contribution >= 4 is 11.8 Å². The van der Waals surface area contributed by atoms with Crippen molar-refractivity contribution in [2.24, 2.45) is 0 Å². The minimum Gasteiger partial charge on any atom is -0.497 e. The minimum absolute atomic E-state index is 0.410. The van der Waals surface area contributed by atoms with E-state index in [0.29, 0.717) is 41.6 Å². The van der Waals surface area contributed by atoms with E-state index >= 15 is 0 Å². The number of rotatable bonds is 11. The first kappa shape index (κ1) is 20.9. The topological polar surface area (TPSA) is 75.8 Å². The molecular weight excluding hydrogens is 392 g/mol. The predicted molar refractivity (Wildman–Crippen MR) is 111 cm³/mol. The van der Waals surface area contributed by atoms with Gasteiger partial charge in [-0.15, -0.1) is 10.2 Å². The maximum absolute atomic E-state index is 5.74.